The van der Waals surface area contributed by atoms with E-state index in [1.54, 1.807) is 0 Å². The third-order valence-corrected chi connectivity index (χ3v) is 2.87. The van der Waals surface area contributed by atoms with E-state index in [0.29, 0.717) is 0 Å². The van der Waals surface area contributed by atoms with Gasteiger partial charge in [-0.1, -0.05) is 12.1 Å². The standard InChI is InChI=1S/C13H18N2/c1-3-15-9-11(6-7-14)12-5-4-10(2)8-13(12)15/h4-5,8-9H,3,6-7,14H2,1-2H3. The third-order valence-electron chi connectivity index (χ3n) is 2.87. The summed E-state index contributed by atoms with van der Waals surface area (Å²) in [6, 6.07) is 6.63. The summed E-state index contributed by atoms with van der Waals surface area (Å²) in [6.07, 6.45) is 3.20. The minimum absolute atomic E-state index is 0.719. The van der Waals surface area contributed by atoms with Crippen LogP contribution in [-0.4, -0.2) is 11.1 Å². The molecule has 2 aromatic rings. The van der Waals surface area contributed by atoms with Gasteiger partial charge in [-0.3, -0.25) is 0 Å². The van der Waals surface area contributed by atoms with Crippen LogP contribution >= 0.6 is 0 Å². The first kappa shape index (κ1) is 10.2. The van der Waals surface area contributed by atoms with E-state index in [-0.39, 0.29) is 0 Å². The molecule has 80 valence electrons. The molecule has 1 aromatic heterocycles. The van der Waals surface area contributed by atoms with Gasteiger partial charge < -0.3 is 10.3 Å². The molecule has 0 aliphatic heterocycles. The van der Waals surface area contributed by atoms with Gasteiger partial charge in [0.05, 0.1) is 0 Å². The van der Waals surface area contributed by atoms with Crippen LogP contribution in [0.5, 0.6) is 0 Å². The number of hydrogen-bond acceptors (Lipinski definition) is 1. The Morgan fingerprint density at radius 2 is 2.13 bits per heavy atom. The molecule has 2 rings (SSSR count). The predicted molar refractivity (Wildman–Crippen MR) is 65.1 cm³/mol. The number of fused-ring (bicyclic) bond motifs is 1. The molecule has 0 aliphatic rings. The molecule has 0 radical (unpaired) electrons. The van der Waals surface area contributed by atoms with Crippen LogP contribution in [-0.2, 0) is 13.0 Å². The first-order valence-electron chi connectivity index (χ1n) is 5.54. The third kappa shape index (κ3) is 1.77. The Kier molecular flexibility index (Phi) is 2.78. The molecule has 0 bridgehead atoms. The molecule has 0 saturated heterocycles. The summed E-state index contributed by atoms with van der Waals surface area (Å²) in [5.41, 5.74) is 9.64. The Bertz CT molecular complexity index is 469. The molecule has 1 aromatic carbocycles. The molecule has 0 saturated carbocycles. The van der Waals surface area contributed by atoms with Gasteiger partial charge in [-0.25, -0.2) is 0 Å². The molecule has 2 nitrogen and oxygen atoms in total. The van der Waals surface area contributed by atoms with Crippen molar-refractivity contribution in [2.75, 3.05) is 6.54 Å². The summed E-state index contributed by atoms with van der Waals surface area (Å²) >= 11 is 0. The fourth-order valence-corrected chi connectivity index (χ4v) is 2.09. The highest BCUT2D eigenvalue weighted by Gasteiger charge is 2.06. The van der Waals surface area contributed by atoms with E-state index in [1.165, 1.54) is 22.0 Å². The van der Waals surface area contributed by atoms with Gasteiger partial charge in [-0.2, -0.15) is 0 Å². The smallest absolute Gasteiger partial charge is 0.0485 e. The molecule has 0 spiro atoms. The van der Waals surface area contributed by atoms with E-state index < -0.39 is 0 Å². The number of aryl methyl sites for hydroxylation is 2. The molecule has 2 N–H and O–H groups in total. The number of nitrogens with two attached hydrogens (primary N) is 1. The SMILES string of the molecule is CCn1cc(CCN)c2ccc(C)cc21. The topological polar surface area (TPSA) is 30.9 Å². The van der Waals surface area contributed by atoms with E-state index >= 15 is 0 Å². The summed E-state index contributed by atoms with van der Waals surface area (Å²) in [5, 5.41) is 1.35. The van der Waals surface area contributed by atoms with Crippen LogP contribution in [0.25, 0.3) is 10.9 Å². The predicted octanol–water partition coefficient (Wildman–Crippen LogP) is 2.47. The highest BCUT2D eigenvalue weighted by atomic mass is 14.9. The molecular formula is C13H18N2. The lowest BCUT2D eigenvalue weighted by Crippen LogP contribution is -2.02. The first-order valence-corrected chi connectivity index (χ1v) is 5.54. The number of aromatic nitrogens is 1. The molecule has 15 heavy (non-hydrogen) atoms. The Morgan fingerprint density at radius 1 is 1.33 bits per heavy atom. The Morgan fingerprint density at radius 3 is 2.80 bits per heavy atom. The number of nitrogens with zero attached hydrogens (tertiary/aromatic N) is 1. The fourth-order valence-electron chi connectivity index (χ4n) is 2.09. The second-order valence-corrected chi connectivity index (χ2v) is 4.00. The van der Waals surface area contributed by atoms with E-state index in [1.807, 2.05) is 0 Å². The van der Waals surface area contributed by atoms with Gasteiger partial charge >= 0.3 is 0 Å². The first-order chi connectivity index (χ1) is 7.26. The lowest BCUT2D eigenvalue weighted by atomic mass is 10.1. The Labute approximate surface area is 90.7 Å². The summed E-state index contributed by atoms with van der Waals surface area (Å²) in [4.78, 5) is 0. The Hall–Kier alpha value is -1.28. The monoisotopic (exact) mass is 202 g/mol. The summed E-state index contributed by atoms with van der Waals surface area (Å²) in [7, 11) is 0. The van der Waals surface area contributed by atoms with Crippen LogP contribution < -0.4 is 5.73 Å². The van der Waals surface area contributed by atoms with Crippen molar-refractivity contribution in [2.45, 2.75) is 26.8 Å². The van der Waals surface area contributed by atoms with E-state index in [0.717, 1.165) is 19.5 Å². The van der Waals surface area contributed by atoms with Gasteiger partial charge in [0.25, 0.3) is 0 Å². The quantitative estimate of drug-likeness (QED) is 0.814. The van der Waals surface area contributed by atoms with Crippen molar-refractivity contribution >= 4 is 10.9 Å². The van der Waals surface area contributed by atoms with Gasteiger partial charge in [-0.15, -0.1) is 0 Å². The summed E-state index contributed by atoms with van der Waals surface area (Å²) in [6.45, 7) is 6.05. The van der Waals surface area contributed by atoms with Gasteiger partial charge in [0.2, 0.25) is 0 Å². The number of benzene rings is 1. The minimum atomic E-state index is 0.719. The van der Waals surface area contributed by atoms with Gasteiger partial charge in [0.1, 0.15) is 0 Å². The molecule has 0 atom stereocenters. The maximum atomic E-state index is 5.62. The second kappa shape index (κ2) is 4.07. The van der Waals surface area contributed by atoms with Crippen LogP contribution in [0.3, 0.4) is 0 Å². The average Bonchev–Trinajstić information content (AvgIpc) is 2.56. The lowest BCUT2D eigenvalue weighted by molar-refractivity contribution is 0.790. The highest BCUT2D eigenvalue weighted by Crippen LogP contribution is 2.22. The zero-order valence-electron chi connectivity index (χ0n) is 9.46. The molecule has 2 heteroatoms. The van der Waals surface area contributed by atoms with Crippen LogP contribution in [0.1, 0.15) is 18.1 Å². The van der Waals surface area contributed by atoms with E-state index in [9.17, 15) is 0 Å². The summed E-state index contributed by atoms with van der Waals surface area (Å²) in [5.74, 6) is 0. The lowest BCUT2D eigenvalue weighted by Gasteiger charge is -2.00. The Balaban J connectivity index is 2.64. The van der Waals surface area contributed by atoms with Gasteiger partial charge in [0.15, 0.2) is 0 Å². The van der Waals surface area contributed by atoms with Crippen LogP contribution in [0.4, 0.5) is 0 Å². The number of rotatable bonds is 3. The van der Waals surface area contributed by atoms with Crippen molar-refractivity contribution in [3.8, 4) is 0 Å². The van der Waals surface area contributed by atoms with E-state index in [2.05, 4.69) is 42.8 Å². The summed E-state index contributed by atoms with van der Waals surface area (Å²) < 4.78 is 2.30. The molecule has 0 unspecified atom stereocenters. The van der Waals surface area contributed by atoms with Gasteiger partial charge in [-0.05, 0) is 44.0 Å². The molecule has 0 amide bonds. The average molecular weight is 202 g/mol. The highest BCUT2D eigenvalue weighted by molar-refractivity contribution is 5.84. The maximum absolute atomic E-state index is 5.62. The zero-order valence-corrected chi connectivity index (χ0v) is 9.46. The van der Waals surface area contributed by atoms with Crippen molar-refractivity contribution in [2.24, 2.45) is 5.73 Å². The largest absolute Gasteiger partial charge is 0.347 e. The molecule has 0 fully saturated rings. The maximum Gasteiger partial charge on any atom is 0.0485 e. The van der Waals surface area contributed by atoms with Crippen LogP contribution in [0, 0.1) is 6.92 Å². The zero-order chi connectivity index (χ0) is 10.8. The van der Waals surface area contributed by atoms with Crippen LogP contribution in [0.15, 0.2) is 24.4 Å². The van der Waals surface area contributed by atoms with Gasteiger partial charge in [0, 0.05) is 23.6 Å². The fraction of sp³-hybridized carbons (Fsp3) is 0.385. The van der Waals surface area contributed by atoms with Crippen molar-refractivity contribution in [1.82, 2.24) is 4.57 Å². The molecular weight excluding hydrogens is 184 g/mol. The second-order valence-electron chi connectivity index (χ2n) is 4.00. The normalized spacial score (nSPS) is 11.1. The molecule has 1 heterocycles. The number of hydrogen-bond donors (Lipinski definition) is 1. The van der Waals surface area contributed by atoms with Crippen molar-refractivity contribution in [3.63, 3.8) is 0 Å². The van der Waals surface area contributed by atoms with Crippen molar-refractivity contribution in [3.05, 3.63) is 35.5 Å². The minimum Gasteiger partial charge on any atom is -0.347 e. The van der Waals surface area contributed by atoms with E-state index in [4.69, 9.17) is 5.73 Å². The van der Waals surface area contributed by atoms with Crippen molar-refractivity contribution < 1.29 is 0 Å². The molecule has 0 aliphatic carbocycles. The van der Waals surface area contributed by atoms with Crippen LogP contribution in [0.2, 0.25) is 0 Å². The van der Waals surface area contributed by atoms with Crippen molar-refractivity contribution in [1.29, 1.82) is 0 Å².